The zero-order valence-electron chi connectivity index (χ0n) is 18.0. The van der Waals surface area contributed by atoms with Gasteiger partial charge in [-0.15, -0.1) is 0 Å². The monoisotopic (exact) mass is 407 g/mol. The maximum Gasteiger partial charge on any atom is 0.264 e. The highest BCUT2D eigenvalue weighted by Gasteiger charge is 2.08. The van der Waals surface area contributed by atoms with Gasteiger partial charge >= 0.3 is 0 Å². The molecule has 0 saturated heterocycles. The van der Waals surface area contributed by atoms with Gasteiger partial charge in [0.1, 0.15) is 0 Å². The third-order valence-electron chi connectivity index (χ3n) is 4.85. The molecule has 0 aliphatic carbocycles. The first kappa shape index (κ1) is 26.8. The molecular formula is C21H45NO4S. The van der Waals surface area contributed by atoms with E-state index in [1.165, 1.54) is 64.2 Å². The van der Waals surface area contributed by atoms with E-state index in [9.17, 15) is 8.42 Å². The first-order valence-corrected chi connectivity index (χ1v) is 12.9. The van der Waals surface area contributed by atoms with Crippen molar-refractivity contribution in [2.45, 2.75) is 97.3 Å². The van der Waals surface area contributed by atoms with Crippen molar-refractivity contribution in [1.29, 1.82) is 0 Å². The zero-order chi connectivity index (χ0) is 20.2. The van der Waals surface area contributed by atoms with Crippen LogP contribution in [0.25, 0.3) is 0 Å². The van der Waals surface area contributed by atoms with Crippen LogP contribution in [0.5, 0.6) is 0 Å². The molecule has 1 N–H and O–H groups in total. The summed E-state index contributed by atoms with van der Waals surface area (Å²) >= 11 is 0. The van der Waals surface area contributed by atoms with E-state index in [0.717, 1.165) is 45.7 Å². The van der Waals surface area contributed by atoms with Crippen LogP contribution in [0.2, 0.25) is 0 Å². The standard InChI is InChI=1S/C21H45NO4S/c1-3-5-6-7-8-9-10-11-12-13-16-22(18-20-26-19-4-2)17-14-15-21-27(23,24)25/h3-21H2,1-2H3,(H,23,24,25). The van der Waals surface area contributed by atoms with Crippen molar-refractivity contribution < 1.29 is 17.7 Å². The predicted octanol–water partition coefficient (Wildman–Crippen LogP) is 5.30. The van der Waals surface area contributed by atoms with Gasteiger partial charge in [-0.25, -0.2) is 0 Å². The van der Waals surface area contributed by atoms with Crippen molar-refractivity contribution in [2.24, 2.45) is 0 Å². The largest absolute Gasteiger partial charge is 0.380 e. The number of unbranched alkanes of at least 4 members (excludes halogenated alkanes) is 10. The molecule has 0 radical (unpaired) electrons. The van der Waals surface area contributed by atoms with Crippen molar-refractivity contribution in [1.82, 2.24) is 4.90 Å². The molecule has 0 amide bonds. The summed E-state index contributed by atoms with van der Waals surface area (Å²) in [5.41, 5.74) is 0. The van der Waals surface area contributed by atoms with E-state index in [-0.39, 0.29) is 5.75 Å². The Hall–Kier alpha value is -0.170. The van der Waals surface area contributed by atoms with E-state index in [1.807, 2.05) is 0 Å². The minimum Gasteiger partial charge on any atom is -0.380 e. The second-order valence-electron chi connectivity index (χ2n) is 7.63. The number of hydrogen-bond donors (Lipinski definition) is 1. The Morgan fingerprint density at radius 1 is 0.667 bits per heavy atom. The van der Waals surface area contributed by atoms with Gasteiger partial charge in [0.25, 0.3) is 10.1 Å². The van der Waals surface area contributed by atoms with Gasteiger partial charge in [0.05, 0.1) is 12.4 Å². The summed E-state index contributed by atoms with van der Waals surface area (Å²) in [5, 5.41) is 0. The topological polar surface area (TPSA) is 66.8 Å². The van der Waals surface area contributed by atoms with Gasteiger partial charge in [-0.2, -0.15) is 8.42 Å². The molecule has 0 heterocycles. The molecule has 0 bridgehead atoms. The molecule has 164 valence electrons. The summed E-state index contributed by atoms with van der Waals surface area (Å²) in [4.78, 5) is 2.38. The fraction of sp³-hybridized carbons (Fsp3) is 1.00. The maximum absolute atomic E-state index is 10.8. The Morgan fingerprint density at radius 3 is 1.70 bits per heavy atom. The molecular weight excluding hydrogens is 362 g/mol. The molecule has 0 unspecified atom stereocenters. The maximum atomic E-state index is 10.8. The first-order valence-electron chi connectivity index (χ1n) is 11.2. The van der Waals surface area contributed by atoms with Crippen molar-refractivity contribution in [3.63, 3.8) is 0 Å². The van der Waals surface area contributed by atoms with Gasteiger partial charge in [-0.05, 0) is 38.8 Å². The number of ether oxygens (including phenoxy) is 1. The number of hydrogen-bond acceptors (Lipinski definition) is 4. The van der Waals surface area contributed by atoms with E-state index in [2.05, 4.69) is 18.7 Å². The van der Waals surface area contributed by atoms with E-state index in [4.69, 9.17) is 9.29 Å². The van der Waals surface area contributed by atoms with Crippen molar-refractivity contribution in [3.8, 4) is 0 Å². The summed E-state index contributed by atoms with van der Waals surface area (Å²) in [6.07, 6.45) is 15.7. The normalized spacial score (nSPS) is 12.1. The molecule has 0 fully saturated rings. The number of rotatable bonds is 21. The quantitative estimate of drug-likeness (QED) is 0.206. The van der Waals surface area contributed by atoms with Crippen LogP contribution in [0.3, 0.4) is 0 Å². The summed E-state index contributed by atoms with van der Waals surface area (Å²) < 4.78 is 36.0. The Kier molecular flexibility index (Phi) is 19.0. The second kappa shape index (κ2) is 19.2. The minimum atomic E-state index is -3.83. The van der Waals surface area contributed by atoms with Crippen LogP contribution in [0.15, 0.2) is 0 Å². The lowest BCUT2D eigenvalue weighted by Crippen LogP contribution is -2.30. The Labute approximate surface area is 169 Å². The molecule has 0 rings (SSSR count). The van der Waals surface area contributed by atoms with Crippen molar-refractivity contribution in [3.05, 3.63) is 0 Å². The third kappa shape index (κ3) is 22.0. The van der Waals surface area contributed by atoms with Gasteiger partial charge < -0.3 is 9.64 Å². The van der Waals surface area contributed by atoms with Gasteiger partial charge in [0.2, 0.25) is 0 Å². The lowest BCUT2D eigenvalue weighted by Gasteiger charge is -2.22. The molecule has 0 atom stereocenters. The highest BCUT2D eigenvalue weighted by Crippen LogP contribution is 2.11. The van der Waals surface area contributed by atoms with Gasteiger partial charge in [-0.1, -0.05) is 71.6 Å². The van der Waals surface area contributed by atoms with Crippen LogP contribution in [0, 0.1) is 0 Å². The fourth-order valence-corrected chi connectivity index (χ4v) is 3.79. The Bertz CT molecular complexity index is 401. The molecule has 0 aliphatic heterocycles. The van der Waals surface area contributed by atoms with E-state index in [0.29, 0.717) is 6.42 Å². The molecule has 0 saturated carbocycles. The van der Waals surface area contributed by atoms with E-state index < -0.39 is 10.1 Å². The molecule has 5 nitrogen and oxygen atoms in total. The van der Waals surface area contributed by atoms with Crippen LogP contribution < -0.4 is 0 Å². The van der Waals surface area contributed by atoms with Crippen molar-refractivity contribution in [2.75, 3.05) is 38.6 Å². The van der Waals surface area contributed by atoms with Crippen molar-refractivity contribution >= 4 is 10.1 Å². The van der Waals surface area contributed by atoms with Crippen LogP contribution in [0.1, 0.15) is 97.3 Å². The molecule has 0 aromatic heterocycles. The summed E-state index contributed by atoms with van der Waals surface area (Å²) in [5.74, 6) is -0.134. The molecule has 27 heavy (non-hydrogen) atoms. The Balaban J connectivity index is 3.78. The average molecular weight is 408 g/mol. The highest BCUT2D eigenvalue weighted by atomic mass is 32.2. The highest BCUT2D eigenvalue weighted by molar-refractivity contribution is 7.85. The summed E-state index contributed by atoms with van der Waals surface area (Å²) in [7, 11) is -3.83. The van der Waals surface area contributed by atoms with E-state index in [1.54, 1.807) is 0 Å². The molecule has 6 heteroatoms. The van der Waals surface area contributed by atoms with Crippen LogP contribution >= 0.6 is 0 Å². The van der Waals surface area contributed by atoms with Gasteiger partial charge in [0, 0.05) is 13.2 Å². The smallest absolute Gasteiger partial charge is 0.264 e. The molecule has 0 aromatic carbocycles. The first-order chi connectivity index (χ1) is 13.0. The van der Waals surface area contributed by atoms with Crippen LogP contribution in [0.4, 0.5) is 0 Å². The molecule has 0 spiro atoms. The number of nitrogens with zero attached hydrogens (tertiary/aromatic N) is 1. The van der Waals surface area contributed by atoms with Crippen LogP contribution in [-0.4, -0.2) is 56.5 Å². The average Bonchev–Trinajstić information content (AvgIpc) is 2.62. The van der Waals surface area contributed by atoms with E-state index >= 15 is 0 Å². The zero-order valence-corrected chi connectivity index (χ0v) is 18.8. The van der Waals surface area contributed by atoms with Gasteiger partial charge in [0.15, 0.2) is 0 Å². The second-order valence-corrected chi connectivity index (χ2v) is 9.20. The summed E-state index contributed by atoms with van der Waals surface area (Å²) in [6.45, 7) is 8.74. The predicted molar refractivity (Wildman–Crippen MR) is 115 cm³/mol. The SMILES string of the molecule is CCCCCCCCCCCCN(CCCCS(=O)(=O)O)CCOCCC. The lowest BCUT2D eigenvalue weighted by atomic mass is 10.1. The Morgan fingerprint density at radius 2 is 1.19 bits per heavy atom. The molecule has 0 aliphatic rings. The van der Waals surface area contributed by atoms with Crippen LogP contribution in [-0.2, 0) is 14.9 Å². The lowest BCUT2D eigenvalue weighted by molar-refractivity contribution is 0.103. The third-order valence-corrected chi connectivity index (χ3v) is 5.66. The summed E-state index contributed by atoms with van der Waals surface area (Å²) in [6, 6.07) is 0. The minimum absolute atomic E-state index is 0.134. The van der Waals surface area contributed by atoms with Gasteiger partial charge in [-0.3, -0.25) is 4.55 Å². The molecule has 0 aromatic rings. The fourth-order valence-electron chi connectivity index (χ4n) is 3.22.